The molecule has 37 heavy (non-hydrogen) atoms. The van der Waals surface area contributed by atoms with Crippen LogP contribution in [0.25, 0.3) is 0 Å². The summed E-state index contributed by atoms with van der Waals surface area (Å²) in [5.41, 5.74) is 0.612. The Morgan fingerprint density at radius 1 is 1.03 bits per heavy atom. The molecule has 8 heteroatoms. The number of aliphatic hydroxyl groups excluding tert-OH is 4. The third-order valence-electron chi connectivity index (χ3n) is 7.55. The molecule has 1 saturated carbocycles. The molecule has 6 N–H and O–H groups in total. The minimum Gasteiger partial charge on any atom is -0.504 e. The number of phenolic OH excluding ortho intramolecular Hbond substituents is 2. The van der Waals surface area contributed by atoms with E-state index in [1.807, 2.05) is 6.08 Å². The molecule has 1 unspecified atom stereocenters. The van der Waals surface area contributed by atoms with E-state index in [2.05, 4.69) is 6.92 Å². The minimum absolute atomic E-state index is 0.0312. The zero-order valence-electron chi connectivity index (χ0n) is 22.4. The molecule has 0 aromatic heterocycles. The van der Waals surface area contributed by atoms with Crippen molar-refractivity contribution in [1.29, 1.82) is 0 Å². The first-order valence-electron chi connectivity index (χ1n) is 13.8. The number of benzene rings is 1. The highest BCUT2D eigenvalue weighted by Crippen LogP contribution is 2.37. The Kier molecular flexibility index (Phi) is 13.4. The number of aliphatic hydroxyl groups is 4. The van der Waals surface area contributed by atoms with Crippen LogP contribution < -0.4 is 0 Å². The van der Waals surface area contributed by atoms with Crippen molar-refractivity contribution in [2.45, 2.75) is 109 Å². The summed E-state index contributed by atoms with van der Waals surface area (Å²) in [7, 11) is 1.55. The van der Waals surface area contributed by atoms with Crippen LogP contribution in [-0.4, -0.2) is 73.0 Å². The van der Waals surface area contributed by atoms with Crippen LogP contribution in [0.4, 0.5) is 0 Å². The van der Waals surface area contributed by atoms with Gasteiger partial charge in [0, 0.05) is 32.2 Å². The first-order valence-corrected chi connectivity index (χ1v) is 13.8. The Balaban J connectivity index is 1.68. The monoisotopic (exact) mass is 521 g/mol. The van der Waals surface area contributed by atoms with Crippen LogP contribution in [0.5, 0.6) is 11.5 Å². The predicted octanol–water partition coefficient (Wildman–Crippen LogP) is 3.61. The number of likely N-dealkylation sites (N-methyl/N-ethyl adjacent to an activating group) is 1. The lowest BCUT2D eigenvalue weighted by molar-refractivity contribution is -0.138. The third-order valence-corrected chi connectivity index (χ3v) is 7.55. The van der Waals surface area contributed by atoms with Gasteiger partial charge in [0.1, 0.15) is 6.23 Å². The molecule has 210 valence electrons. The van der Waals surface area contributed by atoms with Gasteiger partial charge in [-0.3, -0.25) is 4.79 Å². The molecule has 1 aliphatic rings. The van der Waals surface area contributed by atoms with Crippen molar-refractivity contribution < 1.29 is 35.4 Å². The Morgan fingerprint density at radius 3 is 2.46 bits per heavy atom. The lowest BCUT2D eigenvalue weighted by atomic mass is 9.88. The van der Waals surface area contributed by atoms with E-state index in [4.69, 9.17) is 0 Å². The Morgan fingerprint density at radius 2 is 1.76 bits per heavy atom. The van der Waals surface area contributed by atoms with Gasteiger partial charge in [0.05, 0.1) is 18.3 Å². The number of carbonyl (C=O) groups is 1. The van der Waals surface area contributed by atoms with Crippen LogP contribution in [0.3, 0.4) is 0 Å². The fourth-order valence-electron chi connectivity index (χ4n) is 5.13. The summed E-state index contributed by atoms with van der Waals surface area (Å²) in [5, 5.41) is 60.3. The van der Waals surface area contributed by atoms with Gasteiger partial charge in [0.25, 0.3) is 0 Å². The maximum Gasteiger partial charge on any atom is 0.224 e. The minimum atomic E-state index is -1.03. The van der Waals surface area contributed by atoms with Crippen molar-refractivity contribution in [3.8, 4) is 11.5 Å². The van der Waals surface area contributed by atoms with Crippen LogP contribution >= 0.6 is 0 Å². The first kappa shape index (κ1) is 31.1. The molecule has 2 rings (SSSR count). The fraction of sp³-hybridized carbons (Fsp3) is 0.690. The van der Waals surface area contributed by atoms with Gasteiger partial charge in [0.2, 0.25) is 5.91 Å². The maximum absolute atomic E-state index is 12.5. The third kappa shape index (κ3) is 10.3. The van der Waals surface area contributed by atoms with Crippen molar-refractivity contribution in [2.24, 2.45) is 11.8 Å². The van der Waals surface area contributed by atoms with Gasteiger partial charge in [0.15, 0.2) is 11.5 Å². The Bertz CT molecular complexity index is 846. The number of carbonyl (C=O) groups excluding carboxylic acids is 1. The van der Waals surface area contributed by atoms with Gasteiger partial charge in [-0.25, -0.2) is 0 Å². The van der Waals surface area contributed by atoms with Gasteiger partial charge < -0.3 is 35.5 Å². The lowest BCUT2D eigenvalue weighted by Crippen LogP contribution is -2.38. The standard InChI is InChI=1S/C29H47NO7/c1-3-4-7-10-21(31)14-15-23-22(25(33)19-26(23)34)11-8-5-6-9-12-28(36)30(2)29(37)18-20-13-16-24(32)27(35)17-20/h13-17,21-23,25-26,29,31-35,37H,3-12,18-19H2,1-2H3/b15-14+/t21-,22+,23+,25-,26+,29?/m0/s1. The van der Waals surface area contributed by atoms with E-state index in [1.165, 1.54) is 17.0 Å². The molecule has 0 saturated heterocycles. The summed E-state index contributed by atoms with van der Waals surface area (Å²) >= 11 is 0. The number of rotatable bonds is 16. The fourth-order valence-corrected chi connectivity index (χ4v) is 5.13. The van der Waals surface area contributed by atoms with Crippen molar-refractivity contribution in [1.82, 2.24) is 4.90 Å². The van der Waals surface area contributed by atoms with Gasteiger partial charge >= 0.3 is 0 Å². The number of phenols is 2. The van der Waals surface area contributed by atoms with Crippen LogP contribution in [0.1, 0.15) is 83.1 Å². The highest BCUT2D eigenvalue weighted by Gasteiger charge is 2.39. The van der Waals surface area contributed by atoms with Crippen molar-refractivity contribution >= 4 is 5.91 Å². The molecule has 6 atom stereocenters. The summed E-state index contributed by atoms with van der Waals surface area (Å²) in [6.07, 6.45) is 9.81. The molecular formula is C29H47NO7. The molecule has 1 aromatic carbocycles. The number of aromatic hydroxyl groups is 2. The summed E-state index contributed by atoms with van der Waals surface area (Å²) < 4.78 is 0. The van der Waals surface area contributed by atoms with Gasteiger partial charge in [-0.1, -0.05) is 63.7 Å². The van der Waals surface area contributed by atoms with Crippen LogP contribution in [0, 0.1) is 11.8 Å². The van der Waals surface area contributed by atoms with E-state index >= 15 is 0 Å². The SMILES string of the molecule is CCCCC[C@H](O)/C=C/[C@@H]1[C@@H](CCCCCCC(=O)N(C)C(O)Cc2ccc(O)c(O)c2)[C@@H](O)C[C@H]1O. The second-order valence-electron chi connectivity index (χ2n) is 10.5. The van der Waals surface area contributed by atoms with Crippen molar-refractivity contribution in [3.63, 3.8) is 0 Å². The predicted molar refractivity (Wildman–Crippen MR) is 143 cm³/mol. The summed E-state index contributed by atoms with van der Waals surface area (Å²) in [6, 6.07) is 4.31. The lowest BCUT2D eigenvalue weighted by Gasteiger charge is -2.24. The molecule has 0 aliphatic heterocycles. The first-order chi connectivity index (χ1) is 17.6. The Hall–Kier alpha value is -2.13. The molecule has 1 amide bonds. The molecule has 1 fully saturated rings. The zero-order valence-corrected chi connectivity index (χ0v) is 22.4. The van der Waals surface area contributed by atoms with Gasteiger partial charge in [-0.2, -0.15) is 0 Å². The summed E-state index contributed by atoms with van der Waals surface area (Å²) in [4.78, 5) is 13.8. The number of hydrogen-bond donors (Lipinski definition) is 6. The normalized spacial score (nSPS) is 23.4. The molecule has 1 aliphatic carbocycles. The van der Waals surface area contributed by atoms with Crippen LogP contribution in [0.2, 0.25) is 0 Å². The Labute approximate surface area is 221 Å². The number of hydrogen-bond acceptors (Lipinski definition) is 7. The summed E-state index contributed by atoms with van der Waals surface area (Å²) in [5.74, 6) is -0.836. The topological polar surface area (TPSA) is 142 Å². The smallest absolute Gasteiger partial charge is 0.224 e. The number of unbranched alkanes of at least 4 members (excludes halogenated alkanes) is 5. The second kappa shape index (κ2) is 16.0. The largest absolute Gasteiger partial charge is 0.504 e. The van der Waals surface area contributed by atoms with E-state index in [0.717, 1.165) is 44.9 Å². The highest BCUT2D eigenvalue weighted by molar-refractivity contribution is 5.76. The van der Waals surface area contributed by atoms with Crippen molar-refractivity contribution in [2.75, 3.05) is 7.05 Å². The number of amides is 1. The van der Waals surface area contributed by atoms with Crippen LogP contribution in [0.15, 0.2) is 30.4 Å². The molecule has 8 nitrogen and oxygen atoms in total. The number of nitrogens with zero attached hydrogens (tertiary/aromatic N) is 1. The molecule has 1 aromatic rings. The van der Waals surface area contributed by atoms with Crippen molar-refractivity contribution in [3.05, 3.63) is 35.9 Å². The quantitative estimate of drug-likeness (QED) is 0.0844. The second-order valence-corrected chi connectivity index (χ2v) is 10.5. The highest BCUT2D eigenvalue weighted by atomic mass is 16.3. The van der Waals surface area contributed by atoms with Gasteiger partial charge in [-0.05, 0) is 42.9 Å². The molecule has 0 bridgehead atoms. The molecule has 0 heterocycles. The average molecular weight is 522 g/mol. The van der Waals surface area contributed by atoms with E-state index in [0.29, 0.717) is 31.2 Å². The van der Waals surface area contributed by atoms with E-state index in [9.17, 15) is 35.4 Å². The molecule has 0 spiro atoms. The zero-order chi connectivity index (χ0) is 27.4. The summed E-state index contributed by atoms with van der Waals surface area (Å²) in [6.45, 7) is 2.12. The van der Waals surface area contributed by atoms with E-state index < -0.39 is 24.5 Å². The molecule has 0 radical (unpaired) electrons. The average Bonchev–Trinajstić information content (AvgIpc) is 3.13. The van der Waals surface area contributed by atoms with Gasteiger partial charge in [-0.15, -0.1) is 0 Å². The molecular weight excluding hydrogens is 474 g/mol. The van der Waals surface area contributed by atoms with E-state index in [-0.39, 0.29) is 35.7 Å². The van der Waals surface area contributed by atoms with Crippen LogP contribution in [-0.2, 0) is 11.2 Å². The maximum atomic E-state index is 12.5. The van der Waals surface area contributed by atoms with E-state index in [1.54, 1.807) is 19.2 Å².